The summed E-state index contributed by atoms with van der Waals surface area (Å²) in [6.45, 7) is -0.251. The summed E-state index contributed by atoms with van der Waals surface area (Å²) >= 11 is 0. The number of nitrogens with zero attached hydrogens (tertiary/aromatic N) is 1. The predicted molar refractivity (Wildman–Crippen MR) is 115 cm³/mol. The van der Waals surface area contributed by atoms with Crippen molar-refractivity contribution >= 4 is 27.8 Å². The van der Waals surface area contributed by atoms with E-state index < -0.39 is 45.1 Å². The minimum Gasteiger partial charge on any atom is -0.496 e. The van der Waals surface area contributed by atoms with Gasteiger partial charge in [0.05, 0.1) is 18.2 Å². The van der Waals surface area contributed by atoms with Crippen LogP contribution in [0.5, 0.6) is 5.75 Å². The van der Waals surface area contributed by atoms with Crippen LogP contribution in [0.1, 0.15) is 40.0 Å². The van der Waals surface area contributed by atoms with E-state index in [1.165, 1.54) is 17.5 Å². The van der Waals surface area contributed by atoms with E-state index >= 15 is 0 Å². The van der Waals surface area contributed by atoms with Gasteiger partial charge in [-0.25, -0.2) is 17.6 Å². The second-order valence-corrected chi connectivity index (χ2v) is 9.17. The van der Waals surface area contributed by atoms with Crippen molar-refractivity contribution in [2.45, 2.75) is 24.2 Å². The number of carbonyl (C=O) groups excluding carboxylic acids is 3. The molecule has 2 amide bonds. The number of hydrogen-bond donors (Lipinski definition) is 1. The third-order valence-electron chi connectivity index (χ3n) is 5.04. The Bertz CT molecular complexity index is 1160. The van der Waals surface area contributed by atoms with Gasteiger partial charge in [-0.05, 0) is 43.2 Å². The van der Waals surface area contributed by atoms with Crippen LogP contribution in [0.4, 0.5) is 4.39 Å². The lowest BCUT2D eigenvalue weighted by Crippen LogP contribution is -2.36. The number of benzene rings is 2. The Balaban J connectivity index is 1.65. The zero-order chi connectivity index (χ0) is 24.0. The normalized spacial score (nSPS) is 14.4. The monoisotopic (exact) mass is 478 g/mol. The smallest absolute Gasteiger partial charge is 0.338 e. The van der Waals surface area contributed by atoms with Crippen molar-refractivity contribution in [2.75, 3.05) is 26.8 Å². The summed E-state index contributed by atoms with van der Waals surface area (Å²) in [5, 5.41) is 2.07. The molecular weight excluding hydrogens is 455 g/mol. The summed E-state index contributed by atoms with van der Waals surface area (Å²) in [6, 6.07) is 9.05. The highest BCUT2D eigenvalue weighted by molar-refractivity contribution is 7.89. The summed E-state index contributed by atoms with van der Waals surface area (Å²) < 4.78 is 51.0. The molecule has 1 aliphatic rings. The molecule has 0 bridgehead atoms. The Kier molecular flexibility index (Phi) is 7.77. The second kappa shape index (κ2) is 10.5. The SMILES string of the molecule is COc1ccccc1C(=O)NC(=O)COC(=O)c1ccc(F)c(S(=O)(=O)N2CCCCC2)c1. The Labute approximate surface area is 190 Å². The first-order valence-electron chi connectivity index (χ1n) is 10.2. The lowest BCUT2D eigenvalue weighted by molar-refractivity contribution is -0.123. The number of amides is 2. The van der Waals surface area contributed by atoms with Gasteiger partial charge < -0.3 is 9.47 Å². The molecule has 3 rings (SSSR count). The van der Waals surface area contributed by atoms with Crippen LogP contribution in [0.2, 0.25) is 0 Å². The largest absolute Gasteiger partial charge is 0.496 e. The fourth-order valence-electron chi connectivity index (χ4n) is 3.35. The van der Waals surface area contributed by atoms with Crippen molar-refractivity contribution in [1.82, 2.24) is 9.62 Å². The topological polar surface area (TPSA) is 119 Å². The first kappa shape index (κ1) is 24.3. The molecule has 1 saturated heterocycles. The number of esters is 1. The van der Waals surface area contributed by atoms with E-state index in [1.807, 2.05) is 0 Å². The number of sulfonamides is 1. The highest BCUT2D eigenvalue weighted by Gasteiger charge is 2.29. The van der Waals surface area contributed by atoms with Crippen molar-refractivity contribution in [3.63, 3.8) is 0 Å². The highest BCUT2D eigenvalue weighted by atomic mass is 32.2. The number of ether oxygens (including phenoxy) is 2. The van der Waals surface area contributed by atoms with Gasteiger partial charge in [0.15, 0.2) is 6.61 Å². The van der Waals surface area contributed by atoms with Gasteiger partial charge in [0.2, 0.25) is 10.0 Å². The van der Waals surface area contributed by atoms with Gasteiger partial charge in [0, 0.05) is 13.1 Å². The molecule has 1 heterocycles. The number of imide groups is 1. The molecule has 1 aliphatic heterocycles. The van der Waals surface area contributed by atoms with Gasteiger partial charge in [-0.3, -0.25) is 14.9 Å². The number of para-hydroxylation sites is 1. The highest BCUT2D eigenvalue weighted by Crippen LogP contribution is 2.24. The van der Waals surface area contributed by atoms with Gasteiger partial charge in [-0.1, -0.05) is 18.6 Å². The van der Waals surface area contributed by atoms with E-state index in [4.69, 9.17) is 9.47 Å². The van der Waals surface area contributed by atoms with E-state index in [-0.39, 0.29) is 30.0 Å². The van der Waals surface area contributed by atoms with E-state index in [0.717, 1.165) is 24.6 Å². The average molecular weight is 478 g/mol. The van der Waals surface area contributed by atoms with Crippen LogP contribution in [0.3, 0.4) is 0 Å². The molecule has 0 saturated carbocycles. The maximum absolute atomic E-state index is 14.3. The molecule has 0 aliphatic carbocycles. The van der Waals surface area contributed by atoms with Crippen LogP contribution in [-0.4, -0.2) is 57.3 Å². The standard InChI is InChI=1S/C22H23FN2O7S/c1-31-18-8-4-3-7-16(18)21(27)24-20(26)14-32-22(28)15-9-10-17(23)19(13-15)33(29,30)25-11-5-2-6-12-25/h3-4,7-10,13H,2,5-6,11-12,14H2,1H3,(H,24,26,27). The molecule has 0 unspecified atom stereocenters. The molecule has 9 nitrogen and oxygen atoms in total. The average Bonchev–Trinajstić information content (AvgIpc) is 2.83. The molecule has 0 aromatic heterocycles. The fraction of sp³-hybridized carbons (Fsp3) is 0.318. The summed E-state index contributed by atoms with van der Waals surface area (Å²) in [4.78, 5) is 36.0. The summed E-state index contributed by atoms with van der Waals surface area (Å²) in [6.07, 6.45) is 2.24. The van der Waals surface area contributed by atoms with E-state index in [9.17, 15) is 27.2 Å². The van der Waals surface area contributed by atoms with Gasteiger partial charge >= 0.3 is 5.97 Å². The molecule has 0 spiro atoms. The minimum atomic E-state index is -4.12. The molecule has 2 aromatic rings. The number of hydrogen-bond acceptors (Lipinski definition) is 7. The third kappa shape index (κ3) is 5.74. The molecule has 33 heavy (non-hydrogen) atoms. The number of piperidine rings is 1. The minimum absolute atomic E-state index is 0.116. The maximum Gasteiger partial charge on any atom is 0.338 e. The van der Waals surface area contributed by atoms with Gasteiger partial charge in [0.1, 0.15) is 16.5 Å². The molecule has 1 fully saturated rings. The van der Waals surface area contributed by atoms with Crippen LogP contribution in [0, 0.1) is 5.82 Å². The number of methoxy groups -OCH3 is 1. The van der Waals surface area contributed by atoms with Gasteiger partial charge in [0.25, 0.3) is 11.8 Å². The predicted octanol–water partition coefficient (Wildman–Crippen LogP) is 2.12. The maximum atomic E-state index is 14.3. The summed E-state index contributed by atoms with van der Waals surface area (Å²) in [5.74, 6) is -3.41. The first-order valence-corrected chi connectivity index (χ1v) is 11.6. The van der Waals surface area contributed by atoms with Crippen LogP contribution in [-0.2, 0) is 19.6 Å². The zero-order valence-corrected chi connectivity index (χ0v) is 18.7. The first-order chi connectivity index (χ1) is 15.7. The Morgan fingerprint density at radius 1 is 1.06 bits per heavy atom. The second-order valence-electron chi connectivity index (χ2n) is 7.26. The fourth-order valence-corrected chi connectivity index (χ4v) is 4.96. The third-order valence-corrected chi connectivity index (χ3v) is 6.95. The van der Waals surface area contributed by atoms with Gasteiger partial charge in [-0.2, -0.15) is 4.31 Å². The molecule has 0 radical (unpaired) electrons. The van der Waals surface area contributed by atoms with Crippen LogP contribution >= 0.6 is 0 Å². The van der Waals surface area contributed by atoms with Gasteiger partial charge in [-0.15, -0.1) is 0 Å². The van der Waals surface area contributed by atoms with Crippen LogP contribution in [0.25, 0.3) is 0 Å². The van der Waals surface area contributed by atoms with Crippen molar-refractivity contribution < 1.29 is 36.7 Å². The van der Waals surface area contributed by atoms with Crippen molar-refractivity contribution in [3.8, 4) is 5.75 Å². The number of halogens is 1. The van der Waals surface area contributed by atoms with E-state index in [0.29, 0.717) is 12.8 Å². The Morgan fingerprint density at radius 3 is 2.45 bits per heavy atom. The molecule has 176 valence electrons. The van der Waals surface area contributed by atoms with Crippen LogP contribution in [0.15, 0.2) is 47.4 Å². The molecule has 2 aromatic carbocycles. The molecule has 1 N–H and O–H groups in total. The number of rotatable bonds is 7. The molecular formula is C22H23FN2O7S. The quantitative estimate of drug-likeness (QED) is 0.606. The summed E-state index contributed by atoms with van der Waals surface area (Å²) in [7, 11) is -2.75. The summed E-state index contributed by atoms with van der Waals surface area (Å²) in [5.41, 5.74) is -0.124. The van der Waals surface area contributed by atoms with Crippen LogP contribution < -0.4 is 10.1 Å². The lowest BCUT2D eigenvalue weighted by Gasteiger charge is -2.26. The lowest BCUT2D eigenvalue weighted by atomic mass is 10.2. The van der Waals surface area contributed by atoms with Crippen molar-refractivity contribution in [3.05, 3.63) is 59.4 Å². The number of nitrogens with one attached hydrogen (secondary N) is 1. The van der Waals surface area contributed by atoms with E-state index in [2.05, 4.69) is 5.32 Å². The van der Waals surface area contributed by atoms with Crippen molar-refractivity contribution in [2.24, 2.45) is 0 Å². The Morgan fingerprint density at radius 2 is 1.76 bits per heavy atom. The molecule has 0 atom stereocenters. The van der Waals surface area contributed by atoms with E-state index in [1.54, 1.807) is 18.2 Å². The zero-order valence-electron chi connectivity index (χ0n) is 17.9. The molecule has 11 heteroatoms. The van der Waals surface area contributed by atoms with Crippen molar-refractivity contribution in [1.29, 1.82) is 0 Å². The number of carbonyl (C=O) groups is 3. The Hall–Kier alpha value is -3.31.